The molecule has 1 aromatic heterocycles. The van der Waals surface area contributed by atoms with E-state index in [-0.39, 0.29) is 0 Å². The Balaban J connectivity index is 1.83. The number of halogens is 2. The van der Waals surface area contributed by atoms with Crippen molar-refractivity contribution >= 4 is 23.7 Å². The Morgan fingerprint density at radius 1 is 1.38 bits per heavy atom. The number of thiocarbonyl (C=S) groups is 1. The largest absolute Gasteiger partial charge is 0.444 e. The first-order valence-electron chi connectivity index (χ1n) is 9.06. The first kappa shape index (κ1) is 20.9. The van der Waals surface area contributed by atoms with Gasteiger partial charge in [-0.2, -0.15) is 0 Å². The number of hydrogen-bond acceptors (Lipinski definition) is 4. The number of aromatic nitrogens is 2. The van der Waals surface area contributed by atoms with Crippen LogP contribution in [0.2, 0.25) is 0 Å². The molecule has 1 N–H and O–H groups in total. The van der Waals surface area contributed by atoms with Gasteiger partial charge in [0.1, 0.15) is 11.4 Å². The van der Waals surface area contributed by atoms with Gasteiger partial charge in [0, 0.05) is 12.0 Å². The van der Waals surface area contributed by atoms with Crippen molar-refractivity contribution in [3.8, 4) is 23.1 Å². The van der Waals surface area contributed by atoms with Crippen LogP contribution in [0.5, 0.6) is 0 Å². The summed E-state index contributed by atoms with van der Waals surface area (Å²) in [5.74, 6) is 2.89. The number of imidazole rings is 1. The Labute approximate surface area is 173 Å². The summed E-state index contributed by atoms with van der Waals surface area (Å²) >= 11 is 4.68. The van der Waals surface area contributed by atoms with Crippen LogP contribution in [0, 0.1) is 11.8 Å². The number of carbonyl (C=O) groups excluding carboxylic acids is 1. The van der Waals surface area contributed by atoms with Gasteiger partial charge in [0.2, 0.25) is 0 Å². The van der Waals surface area contributed by atoms with E-state index in [1.54, 1.807) is 27.0 Å². The third-order valence-electron chi connectivity index (χ3n) is 4.28. The van der Waals surface area contributed by atoms with Crippen LogP contribution >= 0.6 is 12.2 Å². The number of nitrogens with zero attached hydrogens (tertiary/aromatic N) is 2. The molecule has 8 heteroatoms. The highest BCUT2D eigenvalue weighted by atomic mass is 32.1. The second kappa shape index (κ2) is 7.91. The average molecular weight is 417 g/mol. The summed E-state index contributed by atoms with van der Waals surface area (Å²) in [6, 6.07) is 6.47. The maximum absolute atomic E-state index is 14.1. The SMILES string of the molecule is CC(C)(C)OC(=O)N1CC(F)(F)C[C@H]1c1ncc(-c2ccc(C#CC=S)cc2)[nH]1. The third-order valence-corrected chi connectivity index (χ3v) is 4.40. The summed E-state index contributed by atoms with van der Waals surface area (Å²) in [7, 11) is 0. The highest BCUT2D eigenvalue weighted by molar-refractivity contribution is 7.79. The maximum Gasteiger partial charge on any atom is 0.411 e. The molecule has 29 heavy (non-hydrogen) atoms. The van der Waals surface area contributed by atoms with E-state index < -0.39 is 36.6 Å². The van der Waals surface area contributed by atoms with E-state index in [1.165, 1.54) is 5.37 Å². The molecular formula is C21H21F2N3O2S. The second-order valence-corrected chi connectivity index (χ2v) is 8.07. The summed E-state index contributed by atoms with van der Waals surface area (Å²) in [4.78, 5) is 20.8. The standard InChI is InChI=1S/C21H21F2N3O2S/c1-20(2,3)28-19(27)26-13-21(22,23)11-17(26)18-24-12-16(25-18)15-8-6-14(7-9-15)5-4-10-29/h6-10,12,17H,11,13H2,1-3H3,(H,24,25)/t17-/m0/s1. The van der Waals surface area contributed by atoms with Gasteiger partial charge in [0.25, 0.3) is 5.92 Å². The molecule has 2 aromatic rings. The van der Waals surface area contributed by atoms with Crippen LogP contribution in [-0.4, -0.2) is 44.4 Å². The van der Waals surface area contributed by atoms with Crippen LogP contribution in [-0.2, 0) is 4.74 Å². The predicted octanol–water partition coefficient (Wildman–Crippen LogP) is 4.75. The predicted molar refractivity (Wildman–Crippen MR) is 110 cm³/mol. The average Bonchev–Trinajstić information content (AvgIpc) is 3.23. The van der Waals surface area contributed by atoms with Crippen LogP contribution in [0.4, 0.5) is 13.6 Å². The zero-order valence-electron chi connectivity index (χ0n) is 16.3. The van der Waals surface area contributed by atoms with Crippen molar-refractivity contribution in [3.63, 3.8) is 0 Å². The molecule has 0 radical (unpaired) electrons. The summed E-state index contributed by atoms with van der Waals surface area (Å²) in [6.07, 6.45) is 0.279. The van der Waals surface area contributed by atoms with E-state index in [0.29, 0.717) is 11.5 Å². The molecule has 1 atom stereocenters. The minimum Gasteiger partial charge on any atom is -0.444 e. The summed E-state index contributed by atoms with van der Waals surface area (Å²) in [5, 5.41) is 1.35. The highest BCUT2D eigenvalue weighted by Gasteiger charge is 2.49. The number of rotatable bonds is 2. The Kier molecular flexibility index (Phi) is 5.71. The van der Waals surface area contributed by atoms with E-state index in [0.717, 1.165) is 16.0 Å². The number of H-pyrrole nitrogens is 1. The molecule has 1 aliphatic heterocycles. The lowest BCUT2D eigenvalue weighted by atomic mass is 10.1. The number of nitrogens with one attached hydrogen (secondary N) is 1. The van der Waals surface area contributed by atoms with Gasteiger partial charge in [0.15, 0.2) is 0 Å². The molecule has 0 bridgehead atoms. The Bertz CT molecular complexity index is 968. The number of alkyl halides is 2. The first-order chi connectivity index (χ1) is 13.6. The lowest BCUT2D eigenvalue weighted by Gasteiger charge is -2.27. The zero-order valence-corrected chi connectivity index (χ0v) is 17.1. The number of amides is 1. The maximum atomic E-state index is 14.1. The van der Waals surface area contributed by atoms with Crippen LogP contribution in [0.25, 0.3) is 11.3 Å². The second-order valence-electron chi connectivity index (χ2n) is 7.83. The number of hydrogen-bond donors (Lipinski definition) is 1. The van der Waals surface area contributed by atoms with Gasteiger partial charge in [-0.15, -0.1) is 0 Å². The summed E-state index contributed by atoms with van der Waals surface area (Å²) < 4.78 is 33.5. The number of likely N-dealkylation sites (tertiary alicyclic amines) is 1. The minimum atomic E-state index is -3.00. The smallest absolute Gasteiger partial charge is 0.411 e. The van der Waals surface area contributed by atoms with Crippen LogP contribution in [0.15, 0.2) is 30.5 Å². The van der Waals surface area contributed by atoms with E-state index in [1.807, 2.05) is 24.3 Å². The number of aromatic amines is 1. The lowest BCUT2D eigenvalue weighted by molar-refractivity contribution is -0.00248. The van der Waals surface area contributed by atoms with E-state index >= 15 is 0 Å². The van der Waals surface area contributed by atoms with E-state index in [4.69, 9.17) is 4.74 Å². The van der Waals surface area contributed by atoms with Gasteiger partial charge in [0.05, 0.1) is 29.8 Å². The molecule has 0 unspecified atom stereocenters. The van der Waals surface area contributed by atoms with Gasteiger partial charge < -0.3 is 9.72 Å². The van der Waals surface area contributed by atoms with E-state index in [9.17, 15) is 13.6 Å². The normalized spacial score (nSPS) is 18.1. The van der Waals surface area contributed by atoms with Crippen molar-refractivity contribution in [1.29, 1.82) is 0 Å². The highest BCUT2D eigenvalue weighted by Crippen LogP contribution is 2.41. The fourth-order valence-electron chi connectivity index (χ4n) is 3.07. The van der Waals surface area contributed by atoms with E-state index in [2.05, 4.69) is 34.0 Å². The molecule has 1 amide bonds. The van der Waals surface area contributed by atoms with Gasteiger partial charge in [-0.1, -0.05) is 36.2 Å². The Hall–Kier alpha value is -2.79. The Morgan fingerprint density at radius 2 is 2.07 bits per heavy atom. The first-order valence-corrected chi connectivity index (χ1v) is 9.53. The molecule has 1 saturated heterocycles. The third kappa shape index (κ3) is 5.18. The summed E-state index contributed by atoms with van der Waals surface area (Å²) in [6.45, 7) is 4.38. The van der Waals surface area contributed by atoms with Crippen molar-refractivity contribution in [2.45, 2.75) is 44.8 Å². The number of carbonyl (C=O) groups is 1. The van der Waals surface area contributed by atoms with Crippen molar-refractivity contribution < 1.29 is 18.3 Å². The molecule has 1 aliphatic rings. The zero-order chi connectivity index (χ0) is 21.2. The molecule has 0 aliphatic carbocycles. The molecular weight excluding hydrogens is 396 g/mol. The molecule has 0 spiro atoms. The molecule has 0 saturated carbocycles. The van der Waals surface area contributed by atoms with Crippen LogP contribution < -0.4 is 0 Å². The van der Waals surface area contributed by atoms with Crippen molar-refractivity contribution in [1.82, 2.24) is 14.9 Å². The molecule has 152 valence electrons. The van der Waals surface area contributed by atoms with Crippen molar-refractivity contribution in [2.24, 2.45) is 0 Å². The fraction of sp³-hybridized carbons (Fsp3) is 0.381. The monoisotopic (exact) mass is 417 g/mol. The van der Waals surface area contributed by atoms with Crippen molar-refractivity contribution in [2.75, 3.05) is 6.54 Å². The molecule has 3 rings (SSSR count). The molecule has 1 fully saturated rings. The minimum absolute atomic E-state index is 0.299. The summed E-state index contributed by atoms with van der Waals surface area (Å²) in [5.41, 5.74) is 1.52. The topological polar surface area (TPSA) is 58.2 Å². The lowest BCUT2D eigenvalue weighted by Crippen LogP contribution is -2.38. The van der Waals surface area contributed by atoms with Gasteiger partial charge in [-0.25, -0.2) is 18.6 Å². The van der Waals surface area contributed by atoms with Gasteiger partial charge in [-0.3, -0.25) is 4.90 Å². The number of ether oxygens (including phenoxy) is 1. The van der Waals surface area contributed by atoms with Gasteiger partial charge >= 0.3 is 6.09 Å². The van der Waals surface area contributed by atoms with Crippen LogP contribution in [0.1, 0.15) is 44.6 Å². The molecule has 2 heterocycles. The number of benzene rings is 1. The quantitative estimate of drug-likeness (QED) is 0.566. The molecule has 1 aromatic carbocycles. The molecule has 5 nitrogen and oxygen atoms in total. The van der Waals surface area contributed by atoms with Crippen LogP contribution in [0.3, 0.4) is 0 Å². The fourth-order valence-corrected chi connectivity index (χ4v) is 3.13. The van der Waals surface area contributed by atoms with Crippen molar-refractivity contribution in [3.05, 3.63) is 41.9 Å². The van der Waals surface area contributed by atoms with Gasteiger partial charge in [-0.05, 0) is 38.5 Å². The Morgan fingerprint density at radius 3 is 2.69 bits per heavy atom.